The minimum absolute atomic E-state index is 0.293. The Kier molecular flexibility index (Phi) is 3.13. The minimum atomic E-state index is 0.293. The van der Waals surface area contributed by atoms with Crippen molar-refractivity contribution in [1.29, 1.82) is 0 Å². The van der Waals surface area contributed by atoms with Gasteiger partial charge in [-0.05, 0) is 41.7 Å². The first kappa shape index (κ1) is 14.8. The van der Waals surface area contributed by atoms with Crippen molar-refractivity contribution in [2.75, 3.05) is 6.54 Å². The summed E-state index contributed by atoms with van der Waals surface area (Å²) < 4.78 is 0. The van der Waals surface area contributed by atoms with Crippen LogP contribution in [0.25, 0.3) is 10.9 Å². The molecule has 1 saturated carbocycles. The van der Waals surface area contributed by atoms with Crippen LogP contribution in [-0.4, -0.2) is 28.4 Å². The molecule has 2 fully saturated rings. The molecule has 0 spiro atoms. The molecule has 122 valence electrons. The maximum Gasteiger partial charge on any atom is 0.227 e. The number of amides is 1. The second-order valence-electron chi connectivity index (χ2n) is 8.77. The van der Waals surface area contributed by atoms with Gasteiger partial charge in [-0.25, -0.2) is 0 Å². The van der Waals surface area contributed by atoms with Gasteiger partial charge in [0.2, 0.25) is 5.91 Å². The summed E-state index contributed by atoms with van der Waals surface area (Å²) in [5.41, 5.74) is 2.90. The van der Waals surface area contributed by atoms with E-state index in [1.165, 1.54) is 18.2 Å². The Morgan fingerprint density at radius 2 is 2.04 bits per heavy atom. The normalized spacial score (nSPS) is 29.2. The standard InChI is InChI=1S/C20H26N2O/c1-19(2)9-15-10-20(3,12-19)13-22(15)18(23)8-14-11-21-17-7-5-4-6-16(14)17/h4-7,11,15,21H,8-10,12-13H2,1-3H3/t15-,20-/m0/s1. The van der Waals surface area contributed by atoms with Crippen LogP contribution in [0.4, 0.5) is 0 Å². The van der Waals surface area contributed by atoms with Gasteiger partial charge in [0, 0.05) is 29.7 Å². The second kappa shape index (κ2) is 4.86. The average Bonchev–Trinajstić information content (AvgIpc) is 2.97. The maximum atomic E-state index is 13.0. The Hall–Kier alpha value is -1.77. The molecule has 2 bridgehead atoms. The molecular formula is C20H26N2O. The second-order valence-corrected chi connectivity index (χ2v) is 8.77. The summed E-state index contributed by atoms with van der Waals surface area (Å²) >= 11 is 0. The molecular weight excluding hydrogens is 284 g/mol. The average molecular weight is 310 g/mol. The van der Waals surface area contributed by atoms with Crippen LogP contribution in [0, 0.1) is 10.8 Å². The molecule has 1 aromatic carbocycles. The molecule has 2 heterocycles. The molecule has 1 aromatic heterocycles. The molecule has 3 heteroatoms. The summed E-state index contributed by atoms with van der Waals surface area (Å²) in [6.07, 6.45) is 6.05. The SMILES string of the molecule is CC1(C)C[C@H]2C[C@](C)(CN2C(=O)Cc2c[nH]c3ccccc23)C1. The Labute approximate surface area is 138 Å². The van der Waals surface area contributed by atoms with Crippen molar-refractivity contribution in [3.05, 3.63) is 36.0 Å². The van der Waals surface area contributed by atoms with Crippen molar-refractivity contribution in [3.63, 3.8) is 0 Å². The number of benzene rings is 1. The van der Waals surface area contributed by atoms with Gasteiger partial charge in [-0.3, -0.25) is 4.79 Å². The van der Waals surface area contributed by atoms with Gasteiger partial charge in [-0.2, -0.15) is 0 Å². The minimum Gasteiger partial charge on any atom is -0.361 e. The smallest absolute Gasteiger partial charge is 0.227 e. The molecule has 23 heavy (non-hydrogen) atoms. The fraction of sp³-hybridized carbons (Fsp3) is 0.550. The number of aromatic amines is 1. The summed E-state index contributed by atoms with van der Waals surface area (Å²) in [4.78, 5) is 18.4. The van der Waals surface area contributed by atoms with Gasteiger partial charge in [0.05, 0.1) is 6.42 Å². The zero-order valence-corrected chi connectivity index (χ0v) is 14.4. The van der Waals surface area contributed by atoms with Crippen molar-refractivity contribution in [1.82, 2.24) is 9.88 Å². The zero-order chi connectivity index (χ0) is 16.2. The first-order valence-corrected chi connectivity index (χ1v) is 8.70. The fourth-order valence-electron chi connectivity index (χ4n) is 5.29. The number of hydrogen-bond donors (Lipinski definition) is 1. The van der Waals surface area contributed by atoms with Crippen LogP contribution in [0.2, 0.25) is 0 Å². The van der Waals surface area contributed by atoms with Crippen molar-refractivity contribution in [2.24, 2.45) is 10.8 Å². The molecule has 1 saturated heterocycles. The molecule has 2 aromatic rings. The van der Waals surface area contributed by atoms with E-state index in [0.717, 1.165) is 24.0 Å². The third kappa shape index (κ3) is 2.56. The number of carbonyl (C=O) groups is 1. The van der Waals surface area contributed by atoms with Gasteiger partial charge in [-0.15, -0.1) is 0 Å². The van der Waals surface area contributed by atoms with Crippen molar-refractivity contribution >= 4 is 16.8 Å². The number of carbonyl (C=O) groups excluding carboxylic acids is 1. The molecule has 1 aliphatic heterocycles. The molecule has 0 radical (unpaired) electrons. The highest BCUT2D eigenvalue weighted by atomic mass is 16.2. The molecule has 1 N–H and O–H groups in total. The first-order valence-electron chi connectivity index (χ1n) is 8.70. The lowest BCUT2D eigenvalue weighted by Gasteiger charge is -2.39. The third-order valence-electron chi connectivity index (χ3n) is 5.75. The van der Waals surface area contributed by atoms with Crippen LogP contribution in [0.15, 0.2) is 30.5 Å². The molecule has 1 amide bonds. The topological polar surface area (TPSA) is 36.1 Å². The van der Waals surface area contributed by atoms with E-state index in [-0.39, 0.29) is 0 Å². The van der Waals surface area contributed by atoms with E-state index in [2.05, 4.69) is 42.8 Å². The number of fused-ring (bicyclic) bond motifs is 3. The molecule has 3 nitrogen and oxygen atoms in total. The van der Waals surface area contributed by atoms with Crippen LogP contribution in [0.5, 0.6) is 0 Å². The first-order chi connectivity index (χ1) is 10.9. The molecule has 1 aliphatic carbocycles. The molecule has 2 atom stereocenters. The predicted octanol–water partition coefficient (Wildman–Crippen LogP) is 4.14. The van der Waals surface area contributed by atoms with E-state index in [1.54, 1.807) is 0 Å². The fourth-order valence-corrected chi connectivity index (χ4v) is 5.29. The number of aromatic nitrogens is 1. The van der Waals surface area contributed by atoms with E-state index in [1.807, 2.05) is 18.3 Å². The van der Waals surface area contributed by atoms with Gasteiger partial charge in [-0.1, -0.05) is 39.0 Å². The lowest BCUT2D eigenvalue weighted by Crippen LogP contribution is -2.38. The zero-order valence-electron chi connectivity index (χ0n) is 14.4. The van der Waals surface area contributed by atoms with Crippen LogP contribution < -0.4 is 0 Å². The van der Waals surface area contributed by atoms with E-state index < -0.39 is 0 Å². The number of nitrogens with one attached hydrogen (secondary N) is 1. The summed E-state index contributed by atoms with van der Waals surface area (Å²) in [5.74, 6) is 0.293. The van der Waals surface area contributed by atoms with Crippen molar-refractivity contribution in [3.8, 4) is 0 Å². The largest absolute Gasteiger partial charge is 0.361 e. The van der Waals surface area contributed by atoms with Crippen LogP contribution in [0.3, 0.4) is 0 Å². The summed E-state index contributed by atoms with van der Waals surface area (Å²) in [7, 11) is 0. The number of hydrogen-bond acceptors (Lipinski definition) is 1. The number of likely N-dealkylation sites (tertiary alicyclic amines) is 1. The number of H-pyrrole nitrogens is 1. The van der Waals surface area contributed by atoms with Crippen LogP contribution >= 0.6 is 0 Å². The quantitative estimate of drug-likeness (QED) is 0.889. The van der Waals surface area contributed by atoms with Crippen molar-refractivity contribution < 1.29 is 4.79 Å². The Morgan fingerprint density at radius 1 is 1.26 bits per heavy atom. The van der Waals surface area contributed by atoms with Crippen molar-refractivity contribution in [2.45, 2.75) is 52.5 Å². The number of para-hydroxylation sites is 1. The van der Waals surface area contributed by atoms with Gasteiger partial charge < -0.3 is 9.88 Å². The van der Waals surface area contributed by atoms with Gasteiger partial charge in [0.15, 0.2) is 0 Å². The maximum absolute atomic E-state index is 13.0. The summed E-state index contributed by atoms with van der Waals surface area (Å²) in [5, 5.41) is 1.18. The lowest BCUT2D eigenvalue weighted by atomic mass is 9.65. The Balaban J connectivity index is 1.56. The predicted molar refractivity (Wildman–Crippen MR) is 93.2 cm³/mol. The Bertz CT molecular complexity index is 760. The van der Waals surface area contributed by atoms with E-state index in [9.17, 15) is 4.79 Å². The monoisotopic (exact) mass is 310 g/mol. The number of rotatable bonds is 2. The molecule has 4 rings (SSSR count). The molecule has 0 unspecified atom stereocenters. The summed E-state index contributed by atoms with van der Waals surface area (Å²) in [6, 6.07) is 8.66. The van der Waals surface area contributed by atoms with Gasteiger partial charge in [0.25, 0.3) is 0 Å². The lowest BCUT2D eigenvalue weighted by molar-refractivity contribution is -0.131. The highest BCUT2D eigenvalue weighted by molar-refractivity contribution is 5.89. The summed E-state index contributed by atoms with van der Waals surface area (Å²) in [6.45, 7) is 8.00. The third-order valence-corrected chi connectivity index (χ3v) is 5.75. The highest BCUT2D eigenvalue weighted by Crippen LogP contribution is 2.52. The van der Waals surface area contributed by atoms with Crippen LogP contribution in [0.1, 0.15) is 45.6 Å². The Morgan fingerprint density at radius 3 is 2.87 bits per heavy atom. The highest BCUT2D eigenvalue weighted by Gasteiger charge is 2.50. The number of nitrogens with zero attached hydrogens (tertiary/aromatic N) is 1. The van der Waals surface area contributed by atoms with Gasteiger partial charge in [0.1, 0.15) is 0 Å². The van der Waals surface area contributed by atoms with E-state index in [4.69, 9.17) is 0 Å². The van der Waals surface area contributed by atoms with Crippen LogP contribution in [-0.2, 0) is 11.2 Å². The van der Waals surface area contributed by atoms with E-state index in [0.29, 0.717) is 29.2 Å². The van der Waals surface area contributed by atoms with E-state index >= 15 is 0 Å². The molecule has 2 aliphatic rings. The van der Waals surface area contributed by atoms with Gasteiger partial charge >= 0.3 is 0 Å².